The standard InChI is InChI=1S/C12H17ClOS/c1-9-8-11(5-6-12(9)13)15-7-3-4-10(2)14/h5-6,8-9,12H,3-4,7H2,1-2H3. The van der Waals surface area contributed by atoms with Crippen molar-refractivity contribution in [1.29, 1.82) is 0 Å². The maximum atomic E-state index is 10.7. The molecule has 0 radical (unpaired) electrons. The average Bonchev–Trinajstić information content (AvgIpc) is 2.18. The molecule has 0 bridgehead atoms. The van der Waals surface area contributed by atoms with Crippen LogP contribution < -0.4 is 0 Å². The number of rotatable bonds is 5. The van der Waals surface area contributed by atoms with Gasteiger partial charge in [0.15, 0.2) is 0 Å². The second kappa shape index (κ2) is 6.39. The van der Waals surface area contributed by atoms with Crippen LogP contribution in [-0.2, 0) is 4.79 Å². The number of Topliss-reactive ketones (excluding diaryl/α,β-unsaturated/α-hetero) is 1. The molecule has 1 nitrogen and oxygen atoms in total. The summed E-state index contributed by atoms with van der Waals surface area (Å²) < 4.78 is 0. The summed E-state index contributed by atoms with van der Waals surface area (Å²) in [4.78, 5) is 12.0. The van der Waals surface area contributed by atoms with Crippen LogP contribution in [0.4, 0.5) is 0 Å². The molecule has 0 spiro atoms. The first-order valence-corrected chi connectivity index (χ1v) is 6.68. The highest BCUT2D eigenvalue weighted by molar-refractivity contribution is 8.03. The molecule has 2 unspecified atom stereocenters. The van der Waals surface area contributed by atoms with E-state index >= 15 is 0 Å². The van der Waals surface area contributed by atoms with E-state index in [9.17, 15) is 4.79 Å². The van der Waals surface area contributed by atoms with Gasteiger partial charge < -0.3 is 4.79 Å². The number of carbonyl (C=O) groups excluding carboxylic acids is 1. The largest absolute Gasteiger partial charge is 0.300 e. The molecule has 3 heteroatoms. The average molecular weight is 245 g/mol. The van der Waals surface area contributed by atoms with E-state index in [2.05, 4.69) is 19.1 Å². The predicted molar refractivity (Wildman–Crippen MR) is 68.4 cm³/mol. The zero-order chi connectivity index (χ0) is 11.3. The van der Waals surface area contributed by atoms with Gasteiger partial charge in [-0.3, -0.25) is 0 Å². The quantitative estimate of drug-likeness (QED) is 0.541. The molecule has 0 heterocycles. The van der Waals surface area contributed by atoms with Gasteiger partial charge in [-0.2, -0.15) is 0 Å². The lowest BCUT2D eigenvalue weighted by molar-refractivity contribution is -0.117. The molecule has 1 aliphatic carbocycles. The van der Waals surface area contributed by atoms with Crippen molar-refractivity contribution in [2.24, 2.45) is 5.92 Å². The minimum atomic E-state index is 0.131. The Balaban J connectivity index is 2.25. The summed E-state index contributed by atoms with van der Waals surface area (Å²) in [5.41, 5.74) is 0. The molecule has 0 saturated carbocycles. The Kier molecular flexibility index (Phi) is 5.48. The SMILES string of the molecule is CC(=O)CCCSC1=CC(C)C(Cl)C=C1. The third-order valence-corrected chi connectivity index (χ3v) is 3.96. The summed E-state index contributed by atoms with van der Waals surface area (Å²) in [5, 5.41) is 0.131. The van der Waals surface area contributed by atoms with Crippen LogP contribution in [0.2, 0.25) is 0 Å². The minimum absolute atomic E-state index is 0.131. The van der Waals surface area contributed by atoms with Gasteiger partial charge in [0, 0.05) is 11.3 Å². The lowest BCUT2D eigenvalue weighted by Gasteiger charge is -2.16. The lowest BCUT2D eigenvalue weighted by Crippen LogP contribution is -2.09. The highest BCUT2D eigenvalue weighted by atomic mass is 35.5. The maximum absolute atomic E-state index is 10.7. The van der Waals surface area contributed by atoms with E-state index in [1.165, 1.54) is 4.91 Å². The van der Waals surface area contributed by atoms with Crippen molar-refractivity contribution in [1.82, 2.24) is 0 Å². The third-order valence-electron chi connectivity index (χ3n) is 2.32. The van der Waals surface area contributed by atoms with Crippen molar-refractivity contribution in [2.75, 3.05) is 5.75 Å². The molecule has 1 rings (SSSR count). The third kappa shape index (κ3) is 4.89. The summed E-state index contributed by atoms with van der Waals surface area (Å²) in [5.74, 6) is 1.69. The molecular formula is C12H17ClOS. The molecule has 15 heavy (non-hydrogen) atoms. The molecule has 0 N–H and O–H groups in total. The molecule has 1 aliphatic rings. The van der Waals surface area contributed by atoms with Crippen molar-refractivity contribution in [3.8, 4) is 0 Å². The summed E-state index contributed by atoms with van der Waals surface area (Å²) in [7, 11) is 0. The van der Waals surface area contributed by atoms with Gasteiger partial charge in [-0.05, 0) is 25.0 Å². The van der Waals surface area contributed by atoms with Gasteiger partial charge in [0.05, 0.1) is 5.38 Å². The Hall–Kier alpha value is -0.210. The topological polar surface area (TPSA) is 17.1 Å². The molecule has 0 aromatic carbocycles. The summed E-state index contributed by atoms with van der Waals surface area (Å²) in [6.07, 6.45) is 7.98. The van der Waals surface area contributed by atoms with Gasteiger partial charge in [-0.15, -0.1) is 23.4 Å². The fourth-order valence-electron chi connectivity index (χ4n) is 1.38. The van der Waals surface area contributed by atoms with Gasteiger partial charge in [0.2, 0.25) is 0 Å². The van der Waals surface area contributed by atoms with Gasteiger partial charge in [-0.25, -0.2) is 0 Å². The van der Waals surface area contributed by atoms with E-state index in [1.807, 2.05) is 17.8 Å². The first kappa shape index (κ1) is 12.9. The monoisotopic (exact) mass is 244 g/mol. The summed E-state index contributed by atoms with van der Waals surface area (Å²) in [6, 6.07) is 0. The van der Waals surface area contributed by atoms with E-state index in [4.69, 9.17) is 11.6 Å². The van der Waals surface area contributed by atoms with Crippen LogP contribution in [0, 0.1) is 5.92 Å². The zero-order valence-corrected chi connectivity index (χ0v) is 10.8. The normalized spacial score (nSPS) is 25.1. The van der Waals surface area contributed by atoms with Crippen LogP contribution in [0.3, 0.4) is 0 Å². The number of hydrogen-bond acceptors (Lipinski definition) is 2. The minimum Gasteiger partial charge on any atom is -0.300 e. The Labute approximate surface area is 101 Å². The van der Waals surface area contributed by atoms with E-state index in [0.717, 1.165) is 12.2 Å². The Bertz CT molecular complexity index is 283. The van der Waals surface area contributed by atoms with E-state index < -0.39 is 0 Å². The van der Waals surface area contributed by atoms with Crippen molar-refractivity contribution in [3.05, 3.63) is 23.1 Å². The van der Waals surface area contributed by atoms with Crippen LogP contribution in [-0.4, -0.2) is 16.9 Å². The molecule has 0 aliphatic heterocycles. The van der Waals surface area contributed by atoms with Crippen molar-refractivity contribution < 1.29 is 4.79 Å². The Morgan fingerprint density at radius 3 is 2.93 bits per heavy atom. The molecular weight excluding hydrogens is 228 g/mol. The maximum Gasteiger partial charge on any atom is 0.129 e. The summed E-state index contributed by atoms with van der Waals surface area (Å²) >= 11 is 7.86. The highest BCUT2D eigenvalue weighted by Gasteiger charge is 2.13. The molecule has 84 valence electrons. The predicted octanol–water partition coefficient (Wildman–Crippen LogP) is 3.79. The van der Waals surface area contributed by atoms with E-state index in [-0.39, 0.29) is 11.2 Å². The zero-order valence-electron chi connectivity index (χ0n) is 9.20. The van der Waals surface area contributed by atoms with Gasteiger partial charge in [0.1, 0.15) is 5.78 Å². The Morgan fingerprint density at radius 1 is 1.60 bits per heavy atom. The Morgan fingerprint density at radius 2 is 2.33 bits per heavy atom. The molecule has 0 amide bonds. The second-order valence-corrected chi connectivity index (χ2v) is 5.56. The fraction of sp³-hybridized carbons (Fsp3) is 0.583. The first-order valence-electron chi connectivity index (χ1n) is 5.26. The van der Waals surface area contributed by atoms with Crippen LogP contribution in [0.25, 0.3) is 0 Å². The number of alkyl halides is 1. The molecule has 0 saturated heterocycles. The summed E-state index contributed by atoms with van der Waals surface area (Å²) in [6.45, 7) is 3.77. The number of allylic oxidation sites excluding steroid dienone is 3. The lowest BCUT2D eigenvalue weighted by atomic mass is 10.0. The number of halogens is 1. The molecule has 0 fully saturated rings. The van der Waals surface area contributed by atoms with Gasteiger partial charge >= 0.3 is 0 Å². The van der Waals surface area contributed by atoms with Crippen LogP contribution in [0.1, 0.15) is 26.7 Å². The fourth-order valence-corrected chi connectivity index (χ4v) is 2.53. The van der Waals surface area contributed by atoms with Crippen LogP contribution in [0.15, 0.2) is 23.1 Å². The van der Waals surface area contributed by atoms with Crippen molar-refractivity contribution >= 4 is 29.1 Å². The highest BCUT2D eigenvalue weighted by Crippen LogP contribution is 2.28. The van der Waals surface area contributed by atoms with Gasteiger partial charge in [-0.1, -0.05) is 25.2 Å². The van der Waals surface area contributed by atoms with Crippen molar-refractivity contribution in [3.63, 3.8) is 0 Å². The van der Waals surface area contributed by atoms with Crippen molar-refractivity contribution in [2.45, 2.75) is 32.1 Å². The number of thioether (sulfide) groups is 1. The van der Waals surface area contributed by atoms with Crippen LogP contribution in [0.5, 0.6) is 0 Å². The number of hydrogen-bond donors (Lipinski definition) is 0. The van der Waals surface area contributed by atoms with Gasteiger partial charge in [0.25, 0.3) is 0 Å². The van der Waals surface area contributed by atoms with E-state index in [1.54, 1.807) is 6.92 Å². The number of ketones is 1. The van der Waals surface area contributed by atoms with E-state index in [0.29, 0.717) is 12.3 Å². The first-order chi connectivity index (χ1) is 7.09. The molecule has 2 atom stereocenters. The molecule has 0 aromatic rings. The second-order valence-electron chi connectivity index (χ2n) is 3.89. The smallest absolute Gasteiger partial charge is 0.129 e. The molecule has 0 aromatic heterocycles. The number of carbonyl (C=O) groups is 1. The van der Waals surface area contributed by atoms with Crippen LogP contribution >= 0.6 is 23.4 Å².